The van der Waals surface area contributed by atoms with Crippen LogP contribution in [-0.2, 0) is 0 Å². The number of alkyl halides is 3. The van der Waals surface area contributed by atoms with E-state index >= 15 is 0 Å². The minimum absolute atomic E-state index is 0.353. The molecule has 3 aromatic rings. The summed E-state index contributed by atoms with van der Waals surface area (Å²) in [6.45, 7) is 1.80. The number of nitrogens with zero attached hydrogens (tertiary/aromatic N) is 1. The third kappa shape index (κ3) is 4.40. The standard InChI is InChI=1S/C18H13F3N2O2S/c1-11-22-15(12-5-3-2-4-6-12)16(26-11)17(24)23-13-7-9-14(10-8-13)25-18(19,20)21/h2-10H,1H3,(H,23,24). The largest absolute Gasteiger partial charge is 0.573 e. The molecule has 1 N–H and O–H groups in total. The van der Waals surface area contributed by atoms with Gasteiger partial charge >= 0.3 is 6.36 Å². The monoisotopic (exact) mass is 378 g/mol. The van der Waals surface area contributed by atoms with Crippen molar-refractivity contribution in [2.45, 2.75) is 13.3 Å². The lowest BCUT2D eigenvalue weighted by atomic mass is 10.1. The second kappa shape index (κ2) is 7.17. The molecule has 1 aromatic heterocycles. The van der Waals surface area contributed by atoms with Crippen molar-refractivity contribution in [1.29, 1.82) is 0 Å². The van der Waals surface area contributed by atoms with Gasteiger partial charge in [0.05, 0.1) is 10.7 Å². The molecule has 0 fully saturated rings. The summed E-state index contributed by atoms with van der Waals surface area (Å²) < 4.78 is 40.4. The van der Waals surface area contributed by atoms with E-state index in [2.05, 4.69) is 15.0 Å². The number of benzene rings is 2. The van der Waals surface area contributed by atoms with Crippen LogP contribution in [0.3, 0.4) is 0 Å². The number of carbonyl (C=O) groups excluding carboxylic acids is 1. The van der Waals surface area contributed by atoms with E-state index in [4.69, 9.17) is 0 Å². The number of hydrogen-bond acceptors (Lipinski definition) is 4. The smallest absolute Gasteiger partial charge is 0.406 e. The number of anilines is 1. The Kier molecular flexibility index (Phi) is 4.94. The topological polar surface area (TPSA) is 51.2 Å². The zero-order valence-corrected chi connectivity index (χ0v) is 14.3. The SMILES string of the molecule is Cc1nc(-c2ccccc2)c(C(=O)Nc2ccc(OC(F)(F)F)cc2)s1. The van der Waals surface area contributed by atoms with E-state index in [0.717, 1.165) is 22.7 Å². The fourth-order valence-electron chi connectivity index (χ4n) is 2.30. The Morgan fingerprint density at radius 1 is 1.08 bits per heavy atom. The van der Waals surface area contributed by atoms with Gasteiger partial charge in [0.1, 0.15) is 10.6 Å². The van der Waals surface area contributed by atoms with E-state index in [1.165, 1.54) is 23.5 Å². The first kappa shape index (κ1) is 17.9. The fraction of sp³-hybridized carbons (Fsp3) is 0.111. The Labute approximate surface area is 151 Å². The first-order valence-corrected chi connectivity index (χ1v) is 8.33. The summed E-state index contributed by atoms with van der Waals surface area (Å²) in [5.74, 6) is -0.729. The number of rotatable bonds is 4. The van der Waals surface area contributed by atoms with Crippen LogP contribution in [0.25, 0.3) is 11.3 Å². The van der Waals surface area contributed by atoms with E-state index in [0.29, 0.717) is 16.3 Å². The van der Waals surface area contributed by atoms with Crippen LogP contribution in [0.5, 0.6) is 5.75 Å². The quantitative estimate of drug-likeness (QED) is 0.673. The number of carbonyl (C=O) groups is 1. The Bertz CT molecular complexity index is 906. The van der Waals surface area contributed by atoms with E-state index in [1.54, 1.807) is 6.92 Å². The number of aromatic nitrogens is 1. The highest BCUT2D eigenvalue weighted by Crippen LogP contribution is 2.29. The predicted molar refractivity (Wildman–Crippen MR) is 93.4 cm³/mol. The van der Waals surface area contributed by atoms with Crippen molar-refractivity contribution < 1.29 is 22.7 Å². The fourth-order valence-corrected chi connectivity index (χ4v) is 3.14. The normalized spacial score (nSPS) is 11.2. The first-order chi connectivity index (χ1) is 12.3. The summed E-state index contributed by atoms with van der Waals surface area (Å²) in [5, 5.41) is 3.41. The Morgan fingerprint density at radius 2 is 1.73 bits per heavy atom. The van der Waals surface area contributed by atoms with E-state index < -0.39 is 6.36 Å². The summed E-state index contributed by atoms with van der Waals surface area (Å²) in [4.78, 5) is 17.4. The second-order valence-corrected chi connectivity index (χ2v) is 6.51. The minimum Gasteiger partial charge on any atom is -0.406 e. The summed E-state index contributed by atoms with van der Waals surface area (Å²) in [5.41, 5.74) is 1.74. The lowest BCUT2D eigenvalue weighted by Crippen LogP contribution is -2.17. The molecule has 3 rings (SSSR count). The molecule has 0 spiro atoms. The van der Waals surface area contributed by atoms with E-state index in [-0.39, 0.29) is 11.7 Å². The molecule has 0 aliphatic carbocycles. The van der Waals surface area contributed by atoms with Crippen molar-refractivity contribution in [3.05, 3.63) is 64.5 Å². The molecule has 26 heavy (non-hydrogen) atoms. The molecule has 0 saturated carbocycles. The van der Waals surface area contributed by atoms with Crippen molar-refractivity contribution in [3.63, 3.8) is 0 Å². The molecule has 1 amide bonds. The highest BCUT2D eigenvalue weighted by molar-refractivity contribution is 7.14. The van der Waals surface area contributed by atoms with Crippen molar-refractivity contribution in [2.24, 2.45) is 0 Å². The molecule has 134 valence electrons. The Balaban J connectivity index is 1.79. The van der Waals surface area contributed by atoms with E-state index in [9.17, 15) is 18.0 Å². The van der Waals surface area contributed by atoms with Gasteiger partial charge in [-0.25, -0.2) is 4.98 Å². The van der Waals surface area contributed by atoms with Crippen LogP contribution in [0.1, 0.15) is 14.7 Å². The maximum absolute atomic E-state index is 12.6. The van der Waals surface area contributed by atoms with Gasteiger partial charge in [-0.3, -0.25) is 4.79 Å². The average Bonchev–Trinajstić information content (AvgIpc) is 2.98. The molecule has 1 heterocycles. The maximum Gasteiger partial charge on any atom is 0.573 e. The van der Waals surface area contributed by atoms with Gasteiger partial charge in [-0.2, -0.15) is 0 Å². The van der Waals surface area contributed by atoms with Crippen molar-refractivity contribution >= 4 is 22.9 Å². The van der Waals surface area contributed by atoms with Gasteiger partial charge in [-0.15, -0.1) is 24.5 Å². The third-order valence-electron chi connectivity index (χ3n) is 3.33. The summed E-state index contributed by atoms with van der Waals surface area (Å²) in [6.07, 6.45) is -4.75. The summed E-state index contributed by atoms with van der Waals surface area (Å²) in [7, 11) is 0. The van der Waals surface area contributed by atoms with Gasteiger partial charge in [0.25, 0.3) is 5.91 Å². The molecular formula is C18H13F3N2O2S. The van der Waals surface area contributed by atoms with Crippen LogP contribution >= 0.6 is 11.3 Å². The van der Waals surface area contributed by atoms with Crippen LogP contribution in [0.15, 0.2) is 54.6 Å². The number of aryl methyl sites for hydroxylation is 1. The Morgan fingerprint density at radius 3 is 2.35 bits per heavy atom. The number of hydrogen-bond donors (Lipinski definition) is 1. The second-order valence-electron chi connectivity index (χ2n) is 5.30. The van der Waals surface area contributed by atoms with Gasteiger partial charge in [0.15, 0.2) is 0 Å². The lowest BCUT2D eigenvalue weighted by molar-refractivity contribution is -0.274. The van der Waals surface area contributed by atoms with Crippen LogP contribution in [0, 0.1) is 6.92 Å². The zero-order valence-electron chi connectivity index (χ0n) is 13.5. The van der Waals surface area contributed by atoms with Gasteiger partial charge in [0, 0.05) is 11.3 Å². The molecular weight excluding hydrogens is 365 g/mol. The highest BCUT2D eigenvalue weighted by atomic mass is 32.1. The summed E-state index contributed by atoms with van der Waals surface area (Å²) >= 11 is 1.25. The van der Waals surface area contributed by atoms with Crippen LogP contribution in [-0.4, -0.2) is 17.3 Å². The van der Waals surface area contributed by atoms with Gasteiger partial charge in [-0.1, -0.05) is 30.3 Å². The summed E-state index contributed by atoms with van der Waals surface area (Å²) in [6, 6.07) is 14.2. The molecule has 0 radical (unpaired) electrons. The Hall–Kier alpha value is -2.87. The van der Waals surface area contributed by atoms with Crippen molar-refractivity contribution in [1.82, 2.24) is 4.98 Å². The molecule has 4 nitrogen and oxygen atoms in total. The third-order valence-corrected chi connectivity index (χ3v) is 4.30. The average molecular weight is 378 g/mol. The molecule has 0 aliphatic heterocycles. The molecule has 8 heteroatoms. The molecule has 0 unspecified atom stereocenters. The number of ether oxygens (including phenoxy) is 1. The minimum atomic E-state index is -4.75. The van der Waals surface area contributed by atoms with Crippen LogP contribution in [0.4, 0.5) is 18.9 Å². The number of amides is 1. The number of thiazole rings is 1. The van der Waals surface area contributed by atoms with Crippen LogP contribution in [0.2, 0.25) is 0 Å². The predicted octanol–water partition coefficient (Wildman–Crippen LogP) is 5.27. The molecule has 0 bridgehead atoms. The molecule has 0 atom stereocenters. The lowest BCUT2D eigenvalue weighted by Gasteiger charge is -2.10. The van der Waals surface area contributed by atoms with E-state index in [1.807, 2.05) is 30.3 Å². The zero-order chi connectivity index (χ0) is 18.7. The first-order valence-electron chi connectivity index (χ1n) is 7.52. The maximum atomic E-state index is 12.6. The highest BCUT2D eigenvalue weighted by Gasteiger charge is 2.31. The van der Waals surface area contributed by atoms with Crippen molar-refractivity contribution in [2.75, 3.05) is 5.32 Å². The molecule has 2 aromatic carbocycles. The number of nitrogens with one attached hydrogen (secondary N) is 1. The molecule has 0 aliphatic rings. The van der Waals surface area contributed by atoms with Gasteiger partial charge < -0.3 is 10.1 Å². The van der Waals surface area contributed by atoms with Gasteiger partial charge in [-0.05, 0) is 31.2 Å². The van der Waals surface area contributed by atoms with Gasteiger partial charge in [0.2, 0.25) is 0 Å². The van der Waals surface area contributed by atoms with Crippen LogP contribution < -0.4 is 10.1 Å². The molecule has 0 saturated heterocycles. The van der Waals surface area contributed by atoms with Crippen molar-refractivity contribution in [3.8, 4) is 17.0 Å². The number of halogens is 3.